The maximum Gasteiger partial charge on any atom is 0.231 e. The quantitative estimate of drug-likeness (QED) is 0.389. The van der Waals surface area contributed by atoms with Crippen molar-refractivity contribution in [2.75, 3.05) is 13.1 Å². The summed E-state index contributed by atoms with van der Waals surface area (Å²) in [5.41, 5.74) is 2.46. The number of aryl methyl sites for hydroxylation is 1. The minimum atomic E-state index is 0. The Hall–Kier alpha value is -1.39. The molecule has 0 aliphatic carbocycles. The van der Waals surface area contributed by atoms with Crippen molar-refractivity contribution in [3.05, 3.63) is 35.7 Å². The van der Waals surface area contributed by atoms with Gasteiger partial charge in [0.1, 0.15) is 0 Å². The molecule has 0 radical (unpaired) electrons. The van der Waals surface area contributed by atoms with E-state index < -0.39 is 0 Å². The molecule has 2 aromatic rings. The molecule has 4 nitrogen and oxygen atoms in total. The van der Waals surface area contributed by atoms with Gasteiger partial charge in [0.05, 0.1) is 5.92 Å². The Morgan fingerprint density at radius 2 is 1.66 bits per heavy atom. The second-order valence-electron chi connectivity index (χ2n) is 8.27. The zero-order chi connectivity index (χ0) is 19.4. The number of rotatable bonds is 12. The Bertz CT molecular complexity index is 665. The van der Waals surface area contributed by atoms with E-state index in [0.717, 1.165) is 36.8 Å². The highest BCUT2D eigenvalue weighted by atomic mass is 35.5. The molecule has 0 unspecified atom stereocenters. The number of piperidine rings is 1. The average molecular weight is 420 g/mol. The molecule has 29 heavy (non-hydrogen) atoms. The first-order valence-electron chi connectivity index (χ1n) is 11.5. The van der Waals surface area contributed by atoms with Gasteiger partial charge < -0.3 is 9.84 Å². The van der Waals surface area contributed by atoms with Crippen molar-refractivity contribution >= 4 is 12.4 Å². The van der Waals surface area contributed by atoms with Crippen LogP contribution in [0.25, 0.3) is 11.4 Å². The lowest BCUT2D eigenvalue weighted by Gasteiger charge is -2.18. The zero-order valence-electron chi connectivity index (χ0n) is 18.0. The Balaban J connectivity index is 0.00000300. The van der Waals surface area contributed by atoms with Crippen molar-refractivity contribution in [3.63, 3.8) is 0 Å². The summed E-state index contributed by atoms with van der Waals surface area (Å²) in [4.78, 5) is 4.64. The van der Waals surface area contributed by atoms with E-state index in [1.165, 1.54) is 76.2 Å². The lowest BCUT2D eigenvalue weighted by molar-refractivity contribution is 0.322. The summed E-state index contributed by atoms with van der Waals surface area (Å²) in [5, 5.41) is 7.61. The van der Waals surface area contributed by atoms with Gasteiger partial charge in [-0.2, -0.15) is 4.98 Å². The van der Waals surface area contributed by atoms with Crippen molar-refractivity contribution in [2.45, 2.75) is 89.9 Å². The number of unbranched alkanes of at least 4 members (excludes halogenated alkanes) is 8. The fourth-order valence-electron chi connectivity index (χ4n) is 4.04. The smallest absolute Gasteiger partial charge is 0.231 e. The van der Waals surface area contributed by atoms with Gasteiger partial charge in [-0.3, -0.25) is 0 Å². The van der Waals surface area contributed by atoms with Crippen LogP contribution in [0.1, 0.15) is 94.9 Å². The first-order chi connectivity index (χ1) is 13.9. The molecule has 162 valence electrons. The van der Waals surface area contributed by atoms with E-state index in [9.17, 15) is 0 Å². The first kappa shape index (κ1) is 23.9. The molecule has 1 fully saturated rings. The minimum Gasteiger partial charge on any atom is -0.339 e. The van der Waals surface area contributed by atoms with Gasteiger partial charge in [-0.15, -0.1) is 12.4 Å². The van der Waals surface area contributed by atoms with E-state index in [4.69, 9.17) is 4.52 Å². The van der Waals surface area contributed by atoms with Crippen molar-refractivity contribution in [3.8, 4) is 11.4 Å². The summed E-state index contributed by atoms with van der Waals surface area (Å²) in [7, 11) is 0. The van der Waals surface area contributed by atoms with Gasteiger partial charge in [0, 0.05) is 12.1 Å². The van der Waals surface area contributed by atoms with Crippen LogP contribution in [-0.2, 0) is 6.42 Å². The van der Waals surface area contributed by atoms with Crippen LogP contribution in [0, 0.1) is 0 Å². The second kappa shape index (κ2) is 13.8. The number of benzene rings is 1. The summed E-state index contributed by atoms with van der Waals surface area (Å²) in [6, 6.07) is 8.71. The fourth-order valence-corrected chi connectivity index (χ4v) is 4.04. The minimum absolute atomic E-state index is 0. The van der Waals surface area contributed by atoms with E-state index >= 15 is 0 Å². The number of nitrogens with one attached hydrogen (secondary N) is 1. The normalized spacial score (nSPS) is 16.5. The van der Waals surface area contributed by atoms with Crippen LogP contribution in [0.5, 0.6) is 0 Å². The molecule has 1 aromatic heterocycles. The van der Waals surface area contributed by atoms with Crippen LogP contribution in [0.4, 0.5) is 0 Å². The summed E-state index contributed by atoms with van der Waals surface area (Å²) in [5.74, 6) is 1.86. The predicted octanol–water partition coefficient (Wildman–Crippen LogP) is 6.70. The van der Waals surface area contributed by atoms with Gasteiger partial charge in [0.2, 0.25) is 11.7 Å². The number of nitrogens with zero attached hydrogens (tertiary/aromatic N) is 2. The molecule has 2 heterocycles. The molecule has 1 atom stereocenters. The molecule has 5 heteroatoms. The highest BCUT2D eigenvalue weighted by molar-refractivity contribution is 5.85. The number of hydrogen-bond acceptors (Lipinski definition) is 4. The Morgan fingerprint density at radius 1 is 0.966 bits per heavy atom. The van der Waals surface area contributed by atoms with E-state index in [1.54, 1.807) is 0 Å². The zero-order valence-corrected chi connectivity index (χ0v) is 18.8. The lowest BCUT2D eigenvalue weighted by Crippen LogP contribution is -2.28. The fraction of sp³-hybridized carbons (Fsp3) is 0.667. The molecule has 0 saturated carbocycles. The van der Waals surface area contributed by atoms with Crippen LogP contribution in [0.3, 0.4) is 0 Å². The predicted molar refractivity (Wildman–Crippen MR) is 123 cm³/mol. The monoisotopic (exact) mass is 419 g/mol. The Morgan fingerprint density at radius 3 is 2.31 bits per heavy atom. The summed E-state index contributed by atoms with van der Waals surface area (Å²) in [6.45, 7) is 4.32. The summed E-state index contributed by atoms with van der Waals surface area (Å²) >= 11 is 0. The molecular formula is C24H38ClN3O. The topological polar surface area (TPSA) is 51.0 Å². The molecule has 1 saturated heterocycles. The maximum atomic E-state index is 5.52. The number of aromatic nitrogens is 2. The Kier molecular flexibility index (Phi) is 11.3. The molecule has 3 rings (SSSR count). The van der Waals surface area contributed by atoms with Gasteiger partial charge in [-0.25, -0.2) is 0 Å². The molecule has 0 amide bonds. The third-order valence-electron chi connectivity index (χ3n) is 5.87. The molecule has 1 aliphatic heterocycles. The van der Waals surface area contributed by atoms with E-state index in [0.29, 0.717) is 5.92 Å². The van der Waals surface area contributed by atoms with Gasteiger partial charge in [0.25, 0.3) is 0 Å². The molecule has 1 aliphatic rings. The van der Waals surface area contributed by atoms with Crippen LogP contribution < -0.4 is 5.32 Å². The van der Waals surface area contributed by atoms with Crippen molar-refractivity contribution in [1.29, 1.82) is 0 Å². The molecular weight excluding hydrogens is 382 g/mol. The first-order valence-corrected chi connectivity index (χ1v) is 11.5. The van der Waals surface area contributed by atoms with Gasteiger partial charge in [0.15, 0.2) is 0 Å². The largest absolute Gasteiger partial charge is 0.339 e. The maximum absolute atomic E-state index is 5.52. The standard InChI is InChI=1S/C24H37N3O.ClH/c1-2-3-4-5-6-7-8-9-10-12-20-14-16-21(17-15-20)23-26-24(28-27-23)22-13-11-18-25-19-22;/h14-17,22,25H,2-13,18-19H2,1H3;1H/t22-;/m1./s1. The van der Waals surface area contributed by atoms with Crippen LogP contribution in [-0.4, -0.2) is 23.2 Å². The summed E-state index contributed by atoms with van der Waals surface area (Å²) in [6.07, 6.45) is 15.9. The van der Waals surface area contributed by atoms with Crippen LogP contribution >= 0.6 is 12.4 Å². The van der Waals surface area contributed by atoms with Crippen molar-refractivity contribution in [2.24, 2.45) is 0 Å². The SMILES string of the molecule is CCCCCCCCCCCc1ccc(-c2noc([C@@H]3CCCNC3)n2)cc1.Cl. The van der Waals surface area contributed by atoms with Gasteiger partial charge in [-0.05, 0) is 37.8 Å². The van der Waals surface area contributed by atoms with E-state index in [-0.39, 0.29) is 12.4 Å². The average Bonchev–Trinajstić information content (AvgIpc) is 3.24. The third-order valence-corrected chi connectivity index (χ3v) is 5.87. The Labute approximate surface area is 182 Å². The molecule has 1 aromatic carbocycles. The second-order valence-corrected chi connectivity index (χ2v) is 8.27. The third kappa shape index (κ3) is 8.10. The van der Waals surface area contributed by atoms with E-state index in [2.05, 4.69) is 46.6 Å². The van der Waals surface area contributed by atoms with Gasteiger partial charge >= 0.3 is 0 Å². The molecule has 0 spiro atoms. The summed E-state index contributed by atoms with van der Waals surface area (Å²) < 4.78 is 5.52. The van der Waals surface area contributed by atoms with Crippen molar-refractivity contribution in [1.82, 2.24) is 15.5 Å². The highest BCUT2D eigenvalue weighted by Crippen LogP contribution is 2.25. The highest BCUT2D eigenvalue weighted by Gasteiger charge is 2.21. The van der Waals surface area contributed by atoms with Crippen LogP contribution in [0.2, 0.25) is 0 Å². The lowest BCUT2D eigenvalue weighted by atomic mass is 10.00. The molecule has 0 bridgehead atoms. The van der Waals surface area contributed by atoms with E-state index in [1.807, 2.05) is 0 Å². The van der Waals surface area contributed by atoms with Gasteiger partial charge in [-0.1, -0.05) is 87.7 Å². The van der Waals surface area contributed by atoms with Crippen molar-refractivity contribution < 1.29 is 4.52 Å². The van der Waals surface area contributed by atoms with Crippen LogP contribution in [0.15, 0.2) is 28.8 Å². The molecule has 1 N–H and O–H groups in total. The number of halogens is 1. The number of hydrogen-bond donors (Lipinski definition) is 1.